The highest BCUT2D eigenvalue weighted by Crippen LogP contribution is 2.07. The molecule has 1 saturated heterocycles. The summed E-state index contributed by atoms with van der Waals surface area (Å²) < 4.78 is 4.94. The van der Waals surface area contributed by atoms with Crippen LogP contribution in [0.1, 0.15) is 65.2 Å². The zero-order valence-corrected chi connectivity index (χ0v) is 16.2. The average Bonchev–Trinajstić information content (AvgIpc) is 2.61. The number of rotatable bonds is 12. The second-order valence-corrected chi connectivity index (χ2v) is 6.68. The van der Waals surface area contributed by atoms with Crippen LogP contribution in [0.25, 0.3) is 0 Å². The summed E-state index contributed by atoms with van der Waals surface area (Å²) in [5, 5.41) is 0. The molecule has 0 radical (unpaired) electrons. The zero-order valence-electron chi connectivity index (χ0n) is 16.2. The van der Waals surface area contributed by atoms with E-state index in [-0.39, 0.29) is 11.9 Å². The van der Waals surface area contributed by atoms with Gasteiger partial charge in [0.1, 0.15) is 0 Å². The molecule has 0 aromatic heterocycles. The molecule has 144 valence electrons. The summed E-state index contributed by atoms with van der Waals surface area (Å²) in [6.07, 6.45) is 12.4. The largest absolute Gasteiger partial charge is 0.466 e. The van der Waals surface area contributed by atoms with Gasteiger partial charge in [0.05, 0.1) is 6.61 Å². The third kappa shape index (κ3) is 10.3. The first-order chi connectivity index (χ1) is 12.2. The van der Waals surface area contributed by atoms with E-state index in [9.17, 15) is 9.59 Å². The van der Waals surface area contributed by atoms with Crippen molar-refractivity contribution >= 4 is 11.9 Å². The molecule has 0 aliphatic carbocycles. The Kier molecular flexibility index (Phi) is 12.0. The molecular weight excluding hydrogens is 316 g/mol. The molecule has 1 aliphatic rings. The highest BCUT2D eigenvalue weighted by Gasteiger charge is 2.19. The van der Waals surface area contributed by atoms with Crippen molar-refractivity contribution in [1.29, 1.82) is 0 Å². The van der Waals surface area contributed by atoms with E-state index in [0.717, 1.165) is 45.6 Å². The molecule has 1 aliphatic heterocycles. The monoisotopic (exact) mass is 352 g/mol. The standard InChI is InChI=1S/C20H36N2O3/c1-3-5-6-7-8-9-10-12-19(23)22-17-15-21(16-18-22)14-11-13-20(24)25-4-2/h10,12H,3-9,11,13-18H2,1-2H3. The van der Waals surface area contributed by atoms with E-state index >= 15 is 0 Å². The number of allylic oxidation sites excluding steroid dienone is 1. The summed E-state index contributed by atoms with van der Waals surface area (Å²) in [5.41, 5.74) is 0. The van der Waals surface area contributed by atoms with Gasteiger partial charge in [-0.25, -0.2) is 0 Å². The number of carbonyl (C=O) groups excluding carboxylic acids is 2. The van der Waals surface area contributed by atoms with Gasteiger partial charge in [0.15, 0.2) is 0 Å². The van der Waals surface area contributed by atoms with Gasteiger partial charge in [0.2, 0.25) is 5.91 Å². The fourth-order valence-electron chi connectivity index (χ4n) is 3.03. The minimum atomic E-state index is -0.115. The minimum Gasteiger partial charge on any atom is -0.466 e. The van der Waals surface area contributed by atoms with Crippen molar-refractivity contribution in [3.05, 3.63) is 12.2 Å². The van der Waals surface area contributed by atoms with Gasteiger partial charge in [-0.05, 0) is 38.8 Å². The fourth-order valence-corrected chi connectivity index (χ4v) is 3.03. The number of piperazine rings is 1. The Morgan fingerprint density at radius 1 is 0.960 bits per heavy atom. The number of hydrogen-bond acceptors (Lipinski definition) is 4. The topological polar surface area (TPSA) is 49.9 Å². The van der Waals surface area contributed by atoms with E-state index < -0.39 is 0 Å². The van der Waals surface area contributed by atoms with Crippen molar-refractivity contribution < 1.29 is 14.3 Å². The lowest BCUT2D eigenvalue weighted by Crippen LogP contribution is -2.48. The smallest absolute Gasteiger partial charge is 0.305 e. The molecule has 1 rings (SSSR count). The molecule has 25 heavy (non-hydrogen) atoms. The highest BCUT2D eigenvalue weighted by molar-refractivity contribution is 5.87. The molecule has 0 aromatic rings. The molecule has 0 unspecified atom stereocenters. The third-order valence-electron chi connectivity index (χ3n) is 4.58. The van der Waals surface area contributed by atoms with Gasteiger partial charge in [-0.1, -0.05) is 38.7 Å². The highest BCUT2D eigenvalue weighted by atomic mass is 16.5. The minimum absolute atomic E-state index is 0.115. The Labute approximate surface area is 153 Å². The van der Waals surface area contributed by atoms with Crippen molar-refractivity contribution in [3.63, 3.8) is 0 Å². The lowest BCUT2D eigenvalue weighted by Gasteiger charge is -2.34. The predicted molar refractivity (Wildman–Crippen MR) is 101 cm³/mol. The maximum absolute atomic E-state index is 12.2. The number of hydrogen-bond donors (Lipinski definition) is 0. The number of amides is 1. The van der Waals surface area contributed by atoms with Gasteiger partial charge >= 0.3 is 5.97 Å². The Balaban J connectivity index is 2.10. The Morgan fingerprint density at radius 2 is 1.68 bits per heavy atom. The van der Waals surface area contributed by atoms with Crippen LogP contribution in [-0.4, -0.2) is 61.0 Å². The lowest BCUT2D eigenvalue weighted by molar-refractivity contribution is -0.143. The second-order valence-electron chi connectivity index (χ2n) is 6.68. The lowest BCUT2D eigenvalue weighted by atomic mass is 10.1. The zero-order chi connectivity index (χ0) is 18.3. The molecule has 5 heteroatoms. The quantitative estimate of drug-likeness (QED) is 0.307. The maximum atomic E-state index is 12.2. The number of carbonyl (C=O) groups is 2. The molecular formula is C20H36N2O3. The van der Waals surface area contributed by atoms with Gasteiger partial charge < -0.3 is 9.64 Å². The van der Waals surface area contributed by atoms with Crippen molar-refractivity contribution in [3.8, 4) is 0 Å². The van der Waals surface area contributed by atoms with E-state index in [1.54, 1.807) is 6.08 Å². The molecule has 1 amide bonds. The van der Waals surface area contributed by atoms with E-state index in [4.69, 9.17) is 4.74 Å². The van der Waals surface area contributed by atoms with Crippen LogP contribution >= 0.6 is 0 Å². The predicted octanol–water partition coefficient (Wildman–Crippen LogP) is 3.39. The Bertz CT molecular complexity index is 402. The second kappa shape index (κ2) is 13.9. The van der Waals surface area contributed by atoms with E-state index in [1.165, 1.54) is 32.1 Å². The summed E-state index contributed by atoms with van der Waals surface area (Å²) in [4.78, 5) is 27.7. The normalized spacial score (nSPS) is 15.7. The number of esters is 1. The van der Waals surface area contributed by atoms with Gasteiger partial charge in [0, 0.05) is 32.6 Å². The van der Waals surface area contributed by atoms with Crippen LogP contribution in [0, 0.1) is 0 Å². The molecule has 5 nitrogen and oxygen atoms in total. The van der Waals surface area contributed by atoms with Crippen LogP contribution in [0.4, 0.5) is 0 Å². The first-order valence-electron chi connectivity index (χ1n) is 10.0. The molecule has 0 aromatic carbocycles. The van der Waals surface area contributed by atoms with E-state index in [0.29, 0.717) is 13.0 Å². The van der Waals surface area contributed by atoms with Crippen LogP contribution in [-0.2, 0) is 14.3 Å². The summed E-state index contributed by atoms with van der Waals surface area (Å²) in [5.74, 6) is 0.0240. The first kappa shape index (κ1) is 21.7. The molecule has 0 saturated carbocycles. The van der Waals surface area contributed by atoms with Crippen molar-refractivity contribution in [1.82, 2.24) is 9.80 Å². The average molecular weight is 353 g/mol. The fraction of sp³-hybridized carbons (Fsp3) is 0.800. The SMILES string of the molecule is CCCCCCCC=CC(=O)N1CCN(CCCC(=O)OCC)CC1. The van der Waals surface area contributed by atoms with Gasteiger partial charge in [-0.3, -0.25) is 14.5 Å². The first-order valence-corrected chi connectivity index (χ1v) is 10.0. The van der Waals surface area contributed by atoms with Crippen molar-refractivity contribution in [2.24, 2.45) is 0 Å². The number of ether oxygens (including phenoxy) is 1. The van der Waals surface area contributed by atoms with Crippen molar-refractivity contribution in [2.45, 2.75) is 65.2 Å². The van der Waals surface area contributed by atoms with Crippen LogP contribution in [0.15, 0.2) is 12.2 Å². The third-order valence-corrected chi connectivity index (χ3v) is 4.58. The molecule has 1 heterocycles. The van der Waals surface area contributed by atoms with Gasteiger partial charge in [-0.15, -0.1) is 0 Å². The van der Waals surface area contributed by atoms with Crippen molar-refractivity contribution in [2.75, 3.05) is 39.3 Å². The molecule has 0 spiro atoms. The molecule has 1 fully saturated rings. The number of nitrogens with zero attached hydrogens (tertiary/aromatic N) is 2. The Morgan fingerprint density at radius 3 is 2.36 bits per heavy atom. The van der Waals surface area contributed by atoms with Gasteiger partial charge in [0.25, 0.3) is 0 Å². The molecule has 0 atom stereocenters. The van der Waals surface area contributed by atoms with E-state index in [2.05, 4.69) is 11.8 Å². The number of unbranched alkanes of at least 4 members (excludes halogenated alkanes) is 5. The molecule has 0 bridgehead atoms. The van der Waals surface area contributed by atoms with Crippen LogP contribution in [0.2, 0.25) is 0 Å². The summed E-state index contributed by atoms with van der Waals surface area (Å²) >= 11 is 0. The van der Waals surface area contributed by atoms with Crippen LogP contribution in [0.5, 0.6) is 0 Å². The molecule has 0 N–H and O–H groups in total. The van der Waals surface area contributed by atoms with Crippen LogP contribution < -0.4 is 0 Å². The summed E-state index contributed by atoms with van der Waals surface area (Å²) in [6, 6.07) is 0. The maximum Gasteiger partial charge on any atom is 0.305 e. The van der Waals surface area contributed by atoms with Crippen LogP contribution in [0.3, 0.4) is 0 Å². The van der Waals surface area contributed by atoms with Gasteiger partial charge in [-0.2, -0.15) is 0 Å². The summed E-state index contributed by atoms with van der Waals surface area (Å²) in [7, 11) is 0. The van der Waals surface area contributed by atoms with E-state index in [1.807, 2.05) is 17.9 Å². The Hall–Kier alpha value is -1.36. The summed E-state index contributed by atoms with van der Waals surface area (Å²) in [6.45, 7) is 8.73.